The summed E-state index contributed by atoms with van der Waals surface area (Å²) in [5.74, 6) is -1.50. The number of rotatable bonds is 11. The van der Waals surface area contributed by atoms with Gasteiger partial charge in [0.1, 0.15) is 18.4 Å². The molecule has 0 saturated carbocycles. The molecule has 0 bridgehead atoms. The Kier molecular flexibility index (Phi) is 10.2. The molecular formula is C35H38FN3O4S. The van der Waals surface area contributed by atoms with Crippen LogP contribution in [0.3, 0.4) is 0 Å². The summed E-state index contributed by atoms with van der Waals surface area (Å²) in [4.78, 5) is 29.6. The Bertz CT molecular complexity index is 1660. The molecule has 1 N–H and O–H groups in total. The van der Waals surface area contributed by atoms with E-state index in [1.807, 2.05) is 82.3 Å². The first-order valence-corrected chi connectivity index (χ1v) is 15.8. The molecule has 0 aromatic heterocycles. The monoisotopic (exact) mass is 615 g/mol. The van der Waals surface area contributed by atoms with Gasteiger partial charge in [0.15, 0.2) is 0 Å². The van der Waals surface area contributed by atoms with E-state index in [9.17, 15) is 22.4 Å². The smallest absolute Gasteiger partial charge is 0.264 e. The molecule has 9 heteroatoms. The van der Waals surface area contributed by atoms with Crippen molar-refractivity contribution in [3.8, 4) is 0 Å². The van der Waals surface area contributed by atoms with Crippen LogP contribution in [0.2, 0.25) is 0 Å². The fourth-order valence-electron chi connectivity index (χ4n) is 4.75. The third kappa shape index (κ3) is 8.54. The minimum absolute atomic E-state index is 0.0768. The van der Waals surface area contributed by atoms with E-state index in [-0.39, 0.29) is 29.5 Å². The number of para-hydroxylation sites is 1. The molecule has 4 aromatic carbocycles. The van der Waals surface area contributed by atoms with Crippen LogP contribution in [-0.2, 0) is 32.6 Å². The average molecular weight is 616 g/mol. The fraction of sp³-hybridized carbons (Fsp3) is 0.257. The molecule has 4 rings (SSSR count). The highest BCUT2D eigenvalue weighted by molar-refractivity contribution is 7.92. The van der Waals surface area contributed by atoms with Crippen molar-refractivity contribution >= 4 is 27.5 Å². The predicted molar refractivity (Wildman–Crippen MR) is 171 cm³/mol. The normalized spacial score (nSPS) is 12.3. The van der Waals surface area contributed by atoms with Crippen molar-refractivity contribution in [1.29, 1.82) is 0 Å². The topological polar surface area (TPSA) is 86.8 Å². The summed E-state index contributed by atoms with van der Waals surface area (Å²) < 4.78 is 42.6. The number of hydrogen-bond acceptors (Lipinski definition) is 4. The van der Waals surface area contributed by atoms with E-state index >= 15 is 0 Å². The summed E-state index contributed by atoms with van der Waals surface area (Å²) in [7, 11) is -4.29. The first-order valence-electron chi connectivity index (χ1n) is 14.4. The van der Waals surface area contributed by atoms with Crippen molar-refractivity contribution in [3.05, 3.63) is 132 Å². The molecule has 0 radical (unpaired) electrons. The number of sulfonamides is 1. The Morgan fingerprint density at radius 3 is 1.93 bits per heavy atom. The van der Waals surface area contributed by atoms with Crippen molar-refractivity contribution < 1.29 is 22.4 Å². The van der Waals surface area contributed by atoms with Crippen molar-refractivity contribution in [1.82, 2.24) is 10.2 Å². The van der Waals surface area contributed by atoms with Crippen LogP contribution < -0.4 is 9.62 Å². The molecule has 0 aliphatic carbocycles. The Balaban J connectivity index is 1.79. The van der Waals surface area contributed by atoms with Crippen LogP contribution in [0.4, 0.5) is 10.1 Å². The van der Waals surface area contributed by atoms with Crippen molar-refractivity contribution in [2.24, 2.45) is 0 Å². The van der Waals surface area contributed by atoms with Gasteiger partial charge in [-0.2, -0.15) is 0 Å². The molecule has 0 aliphatic rings. The molecule has 44 heavy (non-hydrogen) atoms. The summed E-state index contributed by atoms with van der Waals surface area (Å²) in [6.45, 7) is 7.05. The lowest BCUT2D eigenvalue weighted by Crippen LogP contribution is -2.56. The number of hydrogen-bond donors (Lipinski definition) is 1. The van der Waals surface area contributed by atoms with Gasteiger partial charge in [-0.15, -0.1) is 0 Å². The number of anilines is 1. The van der Waals surface area contributed by atoms with Gasteiger partial charge in [-0.3, -0.25) is 13.9 Å². The summed E-state index contributed by atoms with van der Waals surface area (Å²) in [6.07, 6.45) is 0.219. The van der Waals surface area contributed by atoms with Gasteiger partial charge in [0.25, 0.3) is 10.0 Å². The molecule has 0 fully saturated rings. The number of carbonyl (C=O) groups is 2. The van der Waals surface area contributed by atoms with Crippen molar-refractivity contribution in [2.45, 2.75) is 57.1 Å². The lowest BCUT2D eigenvalue weighted by Gasteiger charge is -2.35. The van der Waals surface area contributed by atoms with Gasteiger partial charge in [0.05, 0.1) is 10.6 Å². The number of nitrogens with zero attached hydrogens (tertiary/aromatic N) is 2. The second-order valence-electron chi connectivity index (χ2n) is 11.8. The minimum Gasteiger partial charge on any atom is -0.350 e. The van der Waals surface area contributed by atoms with E-state index in [0.29, 0.717) is 0 Å². The lowest BCUT2D eigenvalue weighted by atomic mass is 10.0. The molecule has 2 amide bonds. The Morgan fingerprint density at radius 1 is 0.795 bits per heavy atom. The maximum atomic E-state index is 14.4. The molecule has 7 nitrogen and oxygen atoms in total. The zero-order valence-corrected chi connectivity index (χ0v) is 26.2. The van der Waals surface area contributed by atoms with Gasteiger partial charge in [-0.1, -0.05) is 78.4 Å². The molecule has 0 aliphatic heterocycles. The van der Waals surface area contributed by atoms with Gasteiger partial charge in [0, 0.05) is 18.5 Å². The highest BCUT2D eigenvalue weighted by atomic mass is 32.2. The SMILES string of the molecule is Cc1ccc(CN(C(=O)CN(c2ccccc2)S(=O)(=O)c2ccc(F)cc2)[C@H](Cc2ccccc2)C(=O)NC(C)(C)C)cc1. The Morgan fingerprint density at radius 2 is 1.36 bits per heavy atom. The van der Waals surface area contributed by atoms with E-state index in [1.165, 1.54) is 17.0 Å². The van der Waals surface area contributed by atoms with Crippen LogP contribution in [0.1, 0.15) is 37.5 Å². The average Bonchev–Trinajstić information content (AvgIpc) is 2.98. The van der Waals surface area contributed by atoms with Crippen LogP contribution in [0.25, 0.3) is 0 Å². The van der Waals surface area contributed by atoms with E-state index in [1.54, 1.807) is 30.3 Å². The quantitative estimate of drug-likeness (QED) is 0.228. The zero-order chi connectivity index (χ0) is 31.9. The molecule has 0 unspecified atom stereocenters. The molecular weight excluding hydrogens is 577 g/mol. The maximum Gasteiger partial charge on any atom is 0.264 e. The van der Waals surface area contributed by atoms with Crippen molar-refractivity contribution in [2.75, 3.05) is 10.8 Å². The van der Waals surface area contributed by atoms with Gasteiger partial charge in [-0.25, -0.2) is 12.8 Å². The molecule has 4 aromatic rings. The molecule has 0 heterocycles. The molecule has 1 atom stereocenters. The molecule has 230 valence electrons. The number of amides is 2. The number of aryl methyl sites for hydroxylation is 1. The summed E-state index contributed by atoms with van der Waals surface area (Å²) >= 11 is 0. The summed E-state index contributed by atoms with van der Waals surface area (Å²) in [5.41, 5.74) is 2.37. The number of halogens is 1. The first-order chi connectivity index (χ1) is 20.8. The van der Waals surface area contributed by atoms with Gasteiger partial charge >= 0.3 is 0 Å². The van der Waals surface area contributed by atoms with Crippen molar-refractivity contribution in [3.63, 3.8) is 0 Å². The largest absolute Gasteiger partial charge is 0.350 e. The molecule has 0 saturated heterocycles. The Hall–Kier alpha value is -4.50. The van der Waals surface area contributed by atoms with Crippen LogP contribution in [0.5, 0.6) is 0 Å². The standard InChI is InChI=1S/C35H38FN3O4S/c1-26-15-17-28(18-16-26)24-38(32(34(41)37-35(2,3)4)23-27-11-7-5-8-12-27)33(40)25-39(30-13-9-6-10-14-30)44(42,43)31-21-19-29(36)20-22-31/h5-22,32H,23-25H2,1-4H3,(H,37,41)/t32-/m1/s1. The van der Waals surface area contributed by atoms with Gasteiger partial charge in [-0.05, 0) is 75.2 Å². The fourth-order valence-corrected chi connectivity index (χ4v) is 6.17. The van der Waals surface area contributed by atoms with E-state index < -0.39 is 39.9 Å². The van der Waals surface area contributed by atoms with E-state index in [4.69, 9.17) is 0 Å². The third-order valence-electron chi connectivity index (χ3n) is 6.97. The zero-order valence-electron chi connectivity index (χ0n) is 25.4. The van der Waals surface area contributed by atoms with Gasteiger partial charge < -0.3 is 10.2 Å². The first kappa shape index (κ1) is 32.4. The van der Waals surface area contributed by atoms with Crippen LogP contribution in [0.15, 0.2) is 114 Å². The van der Waals surface area contributed by atoms with Crippen LogP contribution in [-0.4, -0.2) is 43.3 Å². The van der Waals surface area contributed by atoms with E-state index in [0.717, 1.165) is 33.1 Å². The highest BCUT2D eigenvalue weighted by Gasteiger charge is 2.35. The second kappa shape index (κ2) is 13.9. The minimum atomic E-state index is -4.29. The third-order valence-corrected chi connectivity index (χ3v) is 8.76. The lowest BCUT2D eigenvalue weighted by molar-refractivity contribution is -0.140. The predicted octanol–water partition coefficient (Wildman–Crippen LogP) is 5.88. The molecule has 0 spiro atoms. The second-order valence-corrected chi connectivity index (χ2v) is 13.6. The summed E-state index contributed by atoms with van der Waals surface area (Å²) in [6, 6.07) is 28.8. The summed E-state index contributed by atoms with van der Waals surface area (Å²) in [5, 5.41) is 3.02. The van der Waals surface area contributed by atoms with Crippen LogP contribution in [0, 0.1) is 12.7 Å². The van der Waals surface area contributed by atoms with Gasteiger partial charge in [0.2, 0.25) is 11.8 Å². The maximum absolute atomic E-state index is 14.4. The highest BCUT2D eigenvalue weighted by Crippen LogP contribution is 2.25. The number of nitrogens with one attached hydrogen (secondary N) is 1. The Labute approximate surface area is 259 Å². The number of benzene rings is 4. The van der Waals surface area contributed by atoms with E-state index in [2.05, 4.69) is 5.32 Å². The number of carbonyl (C=O) groups excluding carboxylic acids is 2. The van der Waals surface area contributed by atoms with Crippen LogP contribution >= 0.6 is 0 Å².